The molecule has 10 heteroatoms. The summed E-state index contributed by atoms with van der Waals surface area (Å²) in [6.07, 6.45) is 2.21. The number of carbonyl (C=O) groups excluding carboxylic acids is 3. The molecule has 2 aliphatic rings. The third kappa shape index (κ3) is 5.35. The quantitative estimate of drug-likeness (QED) is 0.581. The van der Waals surface area contributed by atoms with Crippen LogP contribution in [0.2, 0.25) is 0 Å². The third-order valence-corrected chi connectivity index (χ3v) is 6.29. The monoisotopic (exact) mass is 458 g/mol. The number of amides is 2. The number of carbonyl (C=O) groups is 3. The van der Waals surface area contributed by atoms with Crippen LogP contribution in [0.25, 0.3) is 0 Å². The number of benzene rings is 1. The first-order chi connectivity index (χ1) is 14.8. The zero-order chi connectivity index (χ0) is 23.9. The van der Waals surface area contributed by atoms with E-state index < -0.39 is 52.8 Å². The number of hydrogen-bond donors (Lipinski definition) is 0. The van der Waals surface area contributed by atoms with Crippen LogP contribution in [0.15, 0.2) is 18.2 Å². The van der Waals surface area contributed by atoms with Gasteiger partial charge in [-0.05, 0) is 58.2 Å². The molecule has 1 aromatic carbocycles. The molecule has 1 heterocycles. The molecular weight excluding hydrogens is 429 g/mol. The summed E-state index contributed by atoms with van der Waals surface area (Å²) in [6, 6.07) is 2.78. The van der Waals surface area contributed by atoms with E-state index >= 15 is 0 Å². The first-order valence-corrected chi connectivity index (χ1v) is 10.8. The second-order valence-corrected chi connectivity index (χ2v) is 9.85. The van der Waals surface area contributed by atoms with Crippen molar-refractivity contribution in [1.29, 1.82) is 0 Å². The Morgan fingerprint density at radius 2 is 1.64 bits per heavy atom. The van der Waals surface area contributed by atoms with Crippen molar-refractivity contribution < 1.29 is 51.9 Å². The van der Waals surface area contributed by atoms with Crippen LogP contribution in [-0.4, -0.2) is 52.0 Å². The van der Waals surface area contributed by atoms with Crippen molar-refractivity contribution in [2.45, 2.75) is 76.5 Å². The van der Waals surface area contributed by atoms with Crippen molar-refractivity contribution in [1.82, 2.24) is 9.80 Å². The van der Waals surface area contributed by atoms with Gasteiger partial charge in [-0.25, -0.2) is 13.6 Å². The zero-order valence-corrected chi connectivity index (χ0v) is 19.9. The Morgan fingerprint density at radius 1 is 1.09 bits per heavy atom. The van der Waals surface area contributed by atoms with Crippen molar-refractivity contribution in [3.8, 4) is 0 Å². The molecule has 0 bridgehead atoms. The molecule has 1 saturated carbocycles. The summed E-state index contributed by atoms with van der Waals surface area (Å²) in [5, 5.41) is 11.6. The molecule has 176 valence electrons. The molecule has 33 heavy (non-hydrogen) atoms. The summed E-state index contributed by atoms with van der Waals surface area (Å²) in [4.78, 5) is 41.2. The zero-order valence-electron chi connectivity index (χ0n) is 19.9. The van der Waals surface area contributed by atoms with Crippen molar-refractivity contribution in [2.75, 3.05) is 13.1 Å². The summed E-state index contributed by atoms with van der Waals surface area (Å²) < 4.78 is 33.8. The Labute approximate surface area is 204 Å². The Bertz CT molecular complexity index is 910. The molecular formula is C23H29F2LiN2O5. The van der Waals surface area contributed by atoms with E-state index in [9.17, 15) is 28.3 Å². The summed E-state index contributed by atoms with van der Waals surface area (Å²) in [5.41, 5.74) is -3.58. The van der Waals surface area contributed by atoms with Crippen molar-refractivity contribution >= 4 is 18.0 Å². The number of rotatable bonds is 3. The molecule has 0 radical (unpaired) electrons. The van der Waals surface area contributed by atoms with Crippen molar-refractivity contribution in [3.63, 3.8) is 0 Å². The molecule has 1 aliphatic carbocycles. The predicted octanol–water partition coefficient (Wildman–Crippen LogP) is -0.284. The van der Waals surface area contributed by atoms with E-state index in [1.807, 2.05) is 0 Å². The van der Waals surface area contributed by atoms with Gasteiger partial charge in [0.1, 0.15) is 22.8 Å². The Hall–Kier alpha value is -2.11. The van der Waals surface area contributed by atoms with Gasteiger partial charge in [-0.2, -0.15) is 0 Å². The number of nitrogens with zero attached hydrogens (tertiary/aromatic N) is 2. The molecule has 1 atom stereocenters. The third-order valence-electron chi connectivity index (χ3n) is 6.29. The summed E-state index contributed by atoms with van der Waals surface area (Å²) in [7, 11) is 0. The Kier molecular flexibility index (Phi) is 7.92. The minimum atomic E-state index is -1.51. The minimum absolute atomic E-state index is 0. The van der Waals surface area contributed by atoms with E-state index in [0.29, 0.717) is 31.7 Å². The van der Waals surface area contributed by atoms with Crippen LogP contribution in [0.5, 0.6) is 0 Å². The minimum Gasteiger partial charge on any atom is -0.548 e. The van der Waals surface area contributed by atoms with Crippen molar-refractivity contribution in [3.05, 3.63) is 35.4 Å². The van der Waals surface area contributed by atoms with Gasteiger partial charge in [-0.3, -0.25) is 9.69 Å². The van der Waals surface area contributed by atoms with Crippen molar-refractivity contribution in [2.24, 2.45) is 0 Å². The fourth-order valence-corrected chi connectivity index (χ4v) is 4.80. The molecule has 7 nitrogen and oxygen atoms in total. The maximum Gasteiger partial charge on any atom is 1.00 e. The van der Waals surface area contributed by atoms with Crippen LogP contribution in [0, 0.1) is 11.6 Å². The fourth-order valence-electron chi connectivity index (χ4n) is 4.80. The summed E-state index contributed by atoms with van der Waals surface area (Å²) in [6.45, 7) is 5.66. The molecule has 0 aromatic heterocycles. The SMILES string of the molecule is CC(C)(C)OC(=O)N1C[C@@](C)(c2cc(F)cc(F)c2)N(CC(=O)[O-])C(=O)C12CCCCC2.[Li+]. The topological polar surface area (TPSA) is 90.0 Å². The molecule has 2 amide bonds. The van der Waals surface area contributed by atoms with Crippen LogP contribution in [0.3, 0.4) is 0 Å². The molecule has 1 spiro atoms. The van der Waals surface area contributed by atoms with Crippen LogP contribution in [-0.2, 0) is 19.9 Å². The van der Waals surface area contributed by atoms with Crippen LogP contribution in [0.4, 0.5) is 13.6 Å². The number of hydrogen-bond acceptors (Lipinski definition) is 5. The number of carboxylic acids is 1. The normalized spacial score (nSPS) is 22.7. The van der Waals surface area contributed by atoms with Gasteiger partial charge in [-0.15, -0.1) is 0 Å². The molecule has 3 rings (SSSR count). The van der Waals surface area contributed by atoms with Gasteiger partial charge in [0.05, 0.1) is 24.6 Å². The van der Waals surface area contributed by atoms with E-state index in [0.717, 1.165) is 23.5 Å². The number of halogens is 2. The molecule has 2 fully saturated rings. The van der Waals surface area contributed by atoms with Gasteiger partial charge in [0, 0.05) is 6.07 Å². The van der Waals surface area contributed by atoms with E-state index in [1.54, 1.807) is 20.8 Å². The number of carboxylic acid groups (broad SMARTS) is 1. The Morgan fingerprint density at radius 3 is 2.12 bits per heavy atom. The standard InChI is InChI=1S/C23H30F2N2O5.Li/c1-21(2,3)32-20(31)27-14-22(4,15-10-16(24)12-17(25)11-15)26(13-18(28)29)19(30)23(27)8-6-5-7-9-23;/h10-12H,5-9,13-14H2,1-4H3,(H,28,29);/q;+1/p-1/t22-;/m0./s1. The first-order valence-electron chi connectivity index (χ1n) is 10.8. The van der Waals surface area contributed by atoms with E-state index in [-0.39, 0.29) is 31.0 Å². The van der Waals surface area contributed by atoms with E-state index in [2.05, 4.69) is 0 Å². The molecule has 1 aliphatic heterocycles. The smallest absolute Gasteiger partial charge is 0.548 e. The maximum atomic E-state index is 14.1. The van der Waals surface area contributed by atoms with Crippen LogP contribution >= 0.6 is 0 Å². The largest absolute Gasteiger partial charge is 1.00 e. The fraction of sp³-hybridized carbons (Fsp3) is 0.609. The number of aliphatic carboxylic acids is 1. The average Bonchev–Trinajstić information content (AvgIpc) is 2.67. The van der Waals surface area contributed by atoms with Crippen LogP contribution in [0.1, 0.15) is 65.4 Å². The molecule has 0 N–H and O–H groups in total. The van der Waals surface area contributed by atoms with Gasteiger partial charge < -0.3 is 19.5 Å². The summed E-state index contributed by atoms with van der Waals surface area (Å²) in [5.74, 6) is -3.82. The second kappa shape index (κ2) is 9.63. The Balaban J connectivity index is 0.00000385. The van der Waals surface area contributed by atoms with Gasteiger partial charge >= 0.3 is 25.0 Å². The number of ether oxygens (including phenoxy) is 1. The van der Waals surface area contributed by atoms with Gasteiger partial charge in [-0.1, -0.05) is 19.3 Å². The van der Waals surface area contributed by atoms with E-state index in [1.165, 1.54) is 11.8 Å². The summed E-state index contributed by atoms with van der Waals surface area (Å²) >= 11 is 0. The van der Waals surface area contributed by atoms with Gasteiger partial charge in [0.15, 0.2) is 0 Å². The second-order valence-electron chi connectivity index (χ2n) is 9.85. The first kappa shape index (κ1) is 27.1. The molecule has 1 aromatic rings. The molecule has 0 unspecified atom stereocenters. The van der Waals surface area contributed by atoms with Gasteiger partial charge in [0.2, 0.25) is 5.91 Å². The maximum absolute atomic E-state index is 14.1. The van der Waals surface area contributed by atoms with Gasteiger partial charge in [0.25, 0.3) is 0 Å². The number of piperazine rings is 1. The average molecular weight is 458 g/mol. The van der Waals surface area contributed by atoms with Crippen LogP contribution < -0.4 is 24.0 Å². The van der Waals surface area contributed by atoms with E-state index in [4.69, 9.17) is 4.74 Å². The predicted molar refractivity (Wildman–Crippen MR) is 109 cm³/mol. The molecule has 1 saturated heterocycles.